The lowest BCUT2D eigenvalue weighted by atomic mass is 10.2. The van der Waals surface area contributed by atoms with E-state index in [9.17, 15) is 13.2 Å². The summed E-state index contributed by atoms with van der Waals surface area (Å²) in [6, 6.07) is 10.7. The molecule has 1 aliphatic heterocycles. The van der Waals surface area contributed by atoms with Crippen molar-refractivity contribution < 1.29 is 13.2 Å². The van der Waals surface area contributed by atoms with E-state index in [0.29, 0.717) is 25.2 Å². The molecular weight excluding hydrogens is 362 g/mol. The van der Waals surface area contributed by atoms with E-state index in [1.54, 1.807) is 24.3 Å². The maximum atomic E-state index is 13.0. The van der Waals surface area contributed by atoms with Crippen molar-refractivity contribution in [1.29, 1.82) is 0 Å². The minimum Gasteiger partial charge on any atom is -0.353 e. The number of hydrogen-bond acceptors (Lipinski definition) is 3. The van der Waals surface area contributed by atoms with E-state index < -0.39 is 10.0 Å². The molecule has 2 aromatic rings. The number of sulfonamides is 1. The predicted molar refractivity (Wildman–Crippen MR) is 103 cm³/mol. The summed E-state index contributed by atoms with van der Waals surface area (Å²) >= 11 is 0. The number of nitrogens with zero attached hydrogens (tertiary/aromatic N) is 3. The van der Waals surface area contributed by atoms with Crippen molar-refractivity contribution in [3.8, 4) is 0 Å². The summed E-state index contributed by atoms with van der Waals surface area (Å²) in [4.78, 5) is 15.2. The summed E-state index contributed by atoms with van der Waals surface area (Å²) in [7, 11) is -1.47. The number of amides is 1. The minimum atomic E-state index is -3.45. The van der Waals surface area contributed by atoms with Gasteiger partial charge in [0.2, 0.25) is 10.0 Å². The van der Waals surface area contributed by atoms with Gasteiger partial charge in [-0.15, -0.1) is 0 Å². The van der Waals surface area contributed by atoms with Crippen LogP contribution in [0.25, 0.3) is 0 Å². The highest BCUT2D eigenvalue weighted by atomic mass is 32.2. The first-order chi connectivity index (χ1) is 13.0. The lowest BCUT2D eigenvalue weighted by molar-refractivity contribution is 0.0726. The van der Waals surface area contributed by atoms with E-state index in [2.05, 4.69) is 0 Å². The van der Waals surface area contributed by atoms with Crippen molar-refractivity contribution in [2.75, 3.05) is 13.1 Å². The number of hydrogen-bond donors (Lipinski definition) is 0. The second-order valence-corrected chi connectivity index (χ2v) is 9.35. The van der Waals surface area contributed by atoms with Gasteiger partial charge in [-0.25, -0.2) is 8.42 Å². The molecule has 1 saturated heterocycles. The average molecular weight is 388 g/mol. The highest BCUT2D eigenvalue weighted by Gasteiger charge is 2.34. The molecule has 0 N–H and O–H groups in total. The molecule has 2 aliphatic rings. The van der Waals surface area contributed by atoms with Crippen LogP contribution < -0.4 is 0 Å². The molecule has 2 fully saturated rings. The molecule has 6 nitrogen and oxygen atoms in total. The van der Waals surface area contributed by atoms with Crippen molar-refractivity contribution in [3.05, 3.63) is 53.9 Å². The maximum absolute atomic E-state index is 13.0. The molecule has 0 spiro atoms. The Hall–Kier alpha value is -2.12. The van der Waals surface area contributed by atoms with Crippen LogP contribution in [0.3, 0.4) is 0 Å². The largest absolute Gasteiger partial charge is 0.353 e. The zero-order valence-electron chi connectivity index (χ0n) is 15.5. The number of benzene rings is 1. The number of rotatable bonds is 6. The average Bonchev–Trinajstić information content (AvgIpc) is 3.17. The first kappa shape index (κ1) is 18.3. The third kappa shape index (κ3) is 3.66. The molecule has 4 rings (SSSR count). The number of carbonyl (C=O) groups is 1. The maximum Gasteiger partial charge on any atom is 0.254 e. The fraction of sp³-hybridized carbons (Fsp3) is 0.450. The van der Waals surface area contributed by atoms with Crippen LogP contribution in [-0.4, -0.2) is 47.2 Å². The highest BCUT2D eigenvalue weighted by Crippen LogP contribution is 2.30. The first-order valence-electron chi connectivity index (χ1n) is 9.48. The summed E-state index contributed by atoms with van der Waals surface area (Å²) in [5, 5.41) is 0. The van der Waals surface area contributed by atoms with Gasteiger partial charge in [0.15, 0.2) is 0 Å². The van der Waals surface area contributed by atoms with Crippen molar-refractivity contribution in [2.45, 2.75) is 43.2 Å². The Balaban J connectivity index is 1.53. The van der Waals surface area contributed by atoms with Crippen LogP contribution in [0, 0.1) is 0 Å². The van der Waals surface area contributed by atoms with Gasteiger partial charge < -0.3 is 9.47 Å². The van der Waals surface area contributed by atoms with Gasteiger partial charge in [-0.3, -0.25) is 4.79 Å². The fourth-order valence-electron chi connectivity index (χ4n) is 3.60. The molecule has 1 aromatic carbocycles. The summed E-state index contributed by atoms with van der Waals surface area (Å²) in [6.07, 6.45) is 5.84. The van der Waals surface area contributed by atoms with Gasteiger partial charge in [-0.1, -0.05) is 0 Å². The van der Waals surface area contributed by atoms with Gasteiger partial charge in [-0.05, 0) is 62.1 Å². The van der Waals surface area contributed by atoms with Crippen LogP contribution in [-0.2, 0) is 23.6 Å². The molecule has 0 bridgehead atoms. The molecule has 1 aliphatic carbocycles. The quantitative estimate of drug-likeness (QED) is 0.765. The van der Waals surface area contributed by atoms with Crippen LogP contribution >= 0.6 is 0 Å². The number of aromatic nitrogens is 1. The SMILES string of the molecule is Cn1cccc1CN(C(=O)c1ccc(S(=O)(=O)N2CCCC2)cc1)C1CC1. The standard InChI is InChI=1S/C20H25N3O3S/c1-21-12-4-5-18(21)15-23(17-8-9-17)20(24)16-6-10-19(11-7-16)27(25,26)22-13-2-3-14-22/h4-7,10-12,17H,2-3,8-9,13-15H2,1H3. The van der Waals surface area contributed by atoms with E-state index in [1.165, 1.54) is 4.31 Å². The molecule has 2 heterocycles. The number of aryl methyl sites for hydroxylation is 1. The predicted octanol–water partition coefficient (Wildman–Crippen LogP) is 2.61. The molecule has 1 saturated carbocycles. The third-order valence-electron chi connectivity index (χ3n) is 5.44. The van der Waals surface area contributed by atoms with E-state index in [1.807, 2.05) is 34.8 Å². The second-order valence-electron chi connectivity index (χ2n) is 7.41. The van der Waals surface area contributed by atoms with Gasteiger partial charge in [0.05, 0.1) is 11.4 Å². The summed E-state index contributed by atoms with van der Waals surface area (Å²) in [5.74, 6) is -0.0381. The third-order valence-corrected chi connectivity index (χ3v) is 7.35. The molecule has 1 amide bonds. The molecule has 7 heteroatoms. The Morgan fingerprint density at radius 3 is 2.33 bits per heavy atom. The molecule has 0 radical (unpaired) electrons. The topological polar surface area (TPSA) is 62.6 Å². The summed E-state index contributed by atoms with van der Waals surface area (Å²) < 4.78 is 28.8. The number of carbonyl (C=O) groups excluding carboxylic acids is 1. The zero-order chi connectivity index (χ0) is 19.0. The van der Waals surface area contributed by atoms with Gasteiger partial charge in [-0.2, -0.15) is 4.31 Å². The van der Waals surface area contributed by atoms with Crippen LogP contribution in [0.1, 0.15) is 41.7 Å². The van der Waals surface area contributed by atoms with Crippen molar-refractivity contribution in [2.24, 2.45) is 7.05 Å². The molecule has 0 atom stereocenters. The van der Waals surface area contributed by atoms with E-state index in [4.69, 9.17) is 0 Å². The van der Waals surface area contributed by atoms with E-state index >= 15 is 0 Å². The fourth-order valence-corrected chi connectivity index (χ4v) is 5.12. The Morgan fingerprint density at radius 1 is 1.11 bits per heavy atom. The first-order valence-corrected chi connectivity index (χ1v) is 10.9. The molecule has 0 unspecified atom stereocenters. The van der Waals surface area contributed by atoms with E-state index in [0.717, 1.165) is 31.4 Å². The Labute approximate surface area is 160 Å². The molecule has 1 aromatic heterocycles. The Kier molecular flexibility index (Phi) is 4.82. The van der Waals surface area contributed by atoms with Crippen molar-refractivity contribution >= 4 is 15.9 Å². The van der Waals surface area contributed by atoms with Gasteiger partial charge in [0.25, 0.3) is 5.91 Å². The van der Waals surface area contributed by atoms with Crippen molar-refractivity contribution in [3.63, 3.8) is 0 Å². The normalized spacial score (nSPS) is 18.0. The lowest BCUT2D eigenvalue weighted by Gasteiger charge is -2.23. The van der Waals surface area contributed by atoms with Crippen molar-refractivity contribution in [1.82, 2.24) is 13.8 Å². The van der Waals surface area contributed by atoms with E-state index in [-0.39, 0.29) is 16.8 Å². The van der Waals surface area contributed by atoms with Crippen LogP contribution in [0.2, 0.25) is 0 Å². The van der Waals surface area contributed by atoms with Gasteiger partial charge >= 0.3 is 0 Å². The summed E-state index contributed by atoms with van der Waals surface area (Å²) in [5.41, 5.74) is 1.62. The van der Waals surface area contributed by atoms with Crippen LogP contribution in [0.5, 0.6) is 0 Å². The smallest absolute Gasteiger partial charge is 0.254 e. The molecule has 144 valence electrons. The van der Waals surface area contributed by atoms with Gasteiger partial charge in [0, 0.05) is 43.6 Å². The summed E-state index contributed by atoms with van der Waals surface area (Å²) in [6.45, 7) is 1.73. The van der Waals surface area contributed by atoms with Crippen LogP contribution in [0.15, 0.2) is 47.5 Å². The Bertz CT molecular complexity index is 924. The van der Waals surface area contributed by atoms with Crippen LogP contribution in [0.4, 0.5) is 0 Å². The minimum absolute atomic E-state index is 0.0381. The lowest BCUT2D eigenvalue weighted by Crippen LogP contribution is -2.33. The van der Waals surface area contributed by atoms with Gasteiger partial charge in [0.1, 0.15) is 0 Å². The second kappa shape index (κ2) is 7.13. The Morgan fingerprint density at radius 2 is 1.78 bits per heavy atom. The zero-order valence-corrected chi connectivity index (χ0v) is 16.4. The monoisotopic (exact) mass is 387 g/mol. The molecular formula is C20H25N3O3S. The highest BCUT2D eigenvalue weighted by molar-refractivity contribution is 7.89. The molecule has 27 heavy (non-hydrogen) atoms.